The van der Waals surface area contributed by atoms with E-state index >= 15 is 0 Å². The van der Waals surface area contributed by atoms with Crippen molar-refractivity contribution in [1.82, 2.24) is 24.3 Å². The molecule has 0 saturated carbocycles. The van der Waals surface area contributed by atoms with Gasteiger partial charge in [0.2, 0.25) is 5.91 Å². The Balaban J connectivity index is 1.96. The molecule has 12 heteroatoms. The molecule has 2 aromatic heterocycles. The zero-order chi connectivity index (χ0) is 18.9. The van der Waals surface area contributed by atoms with Gasteiger partial charge in [-0.15, -0.1) is 5.10 Å². The van der Waals surface area contributed by atoms with Gasteiger partial charge in [0.05, 0.1) is 45.3 Å². The molecule has 10 nitrogen and oxygen atoms in total. The van der Waals surface area contributed by atoms with Gasteiger partial charge in [0.25, 0.3) is 5.91 Å². The molecule has 0 radical (unpaired) electrons. The Labute approximate surface area is 154 Å². The number of hydrogen-bond acceptors (Lipinski definition) is 8. The maximum atomic E-state index is 13.1. The number of aromatic nitrogens is 4. The van der Waals surface area contributed by atoms with E-state index in [1.807, 2.05) is 6.92 Å². The minimum Gasteiger partial charge on any atom is -0.387 e. The lowest BCUT2D eigenvalue weighted by molar-refractivity contribution is -0.135. The predicted octanol–water partition coefficient (Wildman–Crippen LogP) is -0.0714. The molecule has 1 N–H and O–H groups in total. The van der Waals surface area contributed by atoms with E-state index in [1.54, 1.807) is 4.68 Å². The SMILES string of the molecule is CCc1nnsc1C(=O)N=S(C)(=O)c1cnn2c1CN(C(=O)CO)CC2. The third-order valence-corrected chi connectivity index (χ3v) is 6.50. The van der Waals surface area contributed by atoms with Crippen LogP contribution in [-0.2, 0) is 34.0 Å². The summed E-state index contributed by atoms with van der Waals surface area (Å²) in [5.41, 5.74) is 1.08. The molecule has 0 saturated heterocycles. The van der Waals surface area contributed by atoms with E-state index in [0.29, 0.717) is 35.8 Å². The number of aliphatic hydroxyl groups is 1. The van der Waals surface area contributed by atoms with E-state index in [-0.39, 0.29) is 11.4 Å². The normalized spacial score (nSPS) is 16.0. The Morgan fingerprint density at radius 1 is 1.42 bits per heavy atom. The number of nitrogens with zero attached hydrogens (tertiary/aromatic N) is 6. The largest absolute Gasteiger partial charge is 0.387 e. The van der Waals surface area contributed by atoms with Gasteiger partial charge in [-0.25, -0.2) is 4.21 Å². The molecule has 26 heavy (non-hydrogen) atoms. The van der Waals surface area contributed by atoms with Crippen molar-refractivity contribution >= 4 is 33.1 Å². The van der Waals surface area contributed by atoms with Gasteiger partial charge in [-0.05, 0) is 18.0 Å². The highest BCUT2D eigenvalue weighted by Gasteiger charge is 2.27. The maximum Gasteiger partial charge on any atom is 0.299 e. The number of amides is 2. The summed E-state index contributed by atoms with van der Waals surface area (Å²) in [6.45, 7) is 2.24. The Morgan fingerprint density at radius 3 is 2.88 bits per heavy atom. The van der Waals surface area contributed by atoms with Crippen LogP contribution in [0, 0.1) is 0 Å². The summed E-state index contributed by atoms with van der Waals surface area (Å²) in [4.78, 5) is 26.2. The first-order chi connectivity index (χ1) is 12.4. The molecule has 0 bridgehead atoms. The number of aliphatic hydroxyl groups excluding tert-OH is 1. The highest BCUT2D eigenvalue weighted by molar-refractivity contribution is 7.93. The molecule has 1 aliphatic heterocycles. The Kier molecular flexibility index (Phi) is 5.16. The zero-order valence-corrected chi connectivity index (χ0v) is 15.9. The molecular weight excluding hydrogens is 380 g/mol. The summed E-state index contributed by atoms with van der Waals surface area (Å²) in [6.07, 6.45) is 3.32. The van der Waals surface area contributed by atoms with Crippen LogP contribution < -0.4 is 0 Å². The number of carbonyl (C=O) groups excluding carboxylic acids is 2. The van der Waals surface area contributed by atoms with Crippen LogP contribution in [0.15, 0.2) is 15.5 Å². The second-order valence-electron chi connectivity index (χ2n) is 5.75. The zero-order valence-electron chi connectivity index (χ0n) is 14.3. The van der Waals surface area contributed by atoms with E-state index in [2.05, 4.69) is 19.0 Å². The summed E-state index contributed by atoms with van der Waals surface area (Å²) < 4.78 is 22.4. The smallest absolute Gasteiger partial charge is 0.299 e. The van der Waals surface area contributed by atoms with E-state index < -0.39 is 28.2 Å². The minimum atomic E-state index is -3.07. The second kappa shape index (κ2) is 7.21. The van der Waals surface area contributed by atoms with Gasteiger partial charge in [0.15, 0.2) is 0 Å². The van der Waals surface area contributed by atoms with Gasteiger partial charge in [-0.2, -0.15) is 9.46 Å². The van der Waals surface area contributed by atoms with Gasteiger partial charge in [0, 0.05) is 12.8 Å². The Morgan fingerprint density at radius 2 is 2.19 bits per heavy atom. The lowest BCUT2D eigenvalue weighted by Gasteiger charge is -2.27. The molecule has 140 valence electrons. The molecule has 0 fully saturated rings. The van der Waals surface area contributed by atoms with Gasteiger partial charge >= 0.3 is 0 Å². The number of hydrogen-bond donors (Lipinski definition) is 1. The fourth-order valence-corrected chi connectivity index (χ4v) is 4.75. The Bertz CT molecular complexity index is 972. The van der Waals surface area contributed by atoms with Crippen LogP contribution in [0.1, 0.15) is 28.0 Å². The molecule has 1 atom stereocenters. The summed E-state index contributed by atoms with van der Waals surface area (Å²) in [5.74, 6) is -1.04. The van der Waals surface area contributed by atoms with Crippen LogP contribution in [0.4, 0.5) is 0 Å². The van der Waals surface area contributed by atoms with Gasteiger partial charge in [0.1, 0.15) is 11.5 Å². The average molecular weight is 398 g/mol. The van der Waals surface area contributed by atoms with Crippen LogP contribution >= 0.6 is 11.5 Å². The van der Waals surface area contributed by atoms with Gasteiger partial charge in [-0.1, -0.05) is 11.4 Å². The average Bonchev–Trinajstić information content (AvgIpc) is 3.26. The summed E-state index contributed by atoms with van der Waals surface area (Å²) in [7, 11) is -3.07. The van der Waals surface area contributed by atoms with E-state index in [9.17, 15) is 13.8 Å². The first-order valence-corrected chi connectivity index (χ1v) is 10.6. The fraction of sp³-hybridized carbons (Fsp3) is 0.500. The van der Waals surface area contributed by atoms with Crippen molar-refractivity contribution in [1.29, 1.82) is 0 Å². The molecule has 1 unspecified atom stereocenters. The quantitative estimate of drug-likeness (QED) is 0.762. The van der Waals surface area contributed by atoms with Crippen molar-refractivity contribution < 1.29 is 18.9 Å². The van der Waals surface area contributed by atoms with E-state index in [1.165, 1.54) is 17.4 Å². The highest BCUT2D eigenvalue weighted by atomic mass is 32.2. The number of rotatable bonds is 4. The number of aryl methyl sites for hydroxylation is 1. The van der Waals surface area contributed by atoms with E-state index in [0.717, 1.165) is 11.5 Å². The third kappa shape index (κ3) is 3.39. The summed E-state index contributed by atoms with van der Waals surface area (Å²) in [5, 5.41) is 17.1. The first kappa shape index (κ1) is 18.6. The van der Waals surface area contributed by atoms with Gasteiger partial charge < -0.3 is 10.0 Å². The molecular formula is C14H18N6O4S2. The lowest BCUT2D eigenvalue weighted by atomic mass is 10.3. The summed E-state index contributed by atoms with van der Waals surface area (Å²) in [6, 6.07) is 0. The van der Waals surface area contributed by atoms with Crippen molar-refractivity contribution in [2.75, 3.05) is 19.4 Å². The van der Waals surface area contributed by atoms with Crippen LogP contribution in [0.25, 0.3) is 0 Å². The van der Waals surface area contributed by atoms with Crippen LogP contribution in [-0.4, -0.2) is 64.8 Å². The standard InChI is InChI=1S/C14H18N6O4S2/c1-3-9-13(25-18-16-9)14(23)17-26(2,24)11-6-15-20-5-4-19(7-10(11)20)12(22)8-21/h6,21H,3-5,7-8H2,1-2H3. The van der Waals surface area contributed by atoms with Crippen molar-refractivity contribution in [2.45, 2.75) is 31.3 Å². The second-order valence-corrected chi connectivity index (χ2v) is 8.73. The third-order valence-electron chi connectivity index (χ3n) is 4.07. The first-order valence-electron chi connectivity index (χ1n) is 7.88. The Hall–Kier alpha value is -2.18. The monoisotopic (exact) mass is 398 g/mol. The summed E-state index contributed by atoms with van der Waals surface area (Å²) >= 11 is 0.925. The number of fused-ring (bicyclic) bond motifs is 1. The lowest BCUT2D eigenvalue weighted by Crippen LogP contribution is -2.40. The van der Waals surface area contributed by atoms with Crippen molar-refractivity contribution in [2.24, 2.45) is 4.36 Å². The molecule has 0 aliphatic carbocycles. The molecule has 3 heterocycles. The highest BCUT2D eigenvalue weighted by Crippen LogP contribution is 2.23. The van der Waals surface area contributed by atoms with Crippen molar-refractivity contribution in [3.8, 4) is 0 Å². The van der Waals surface area contributed by atoms with Crippen molar-refractivity contribution in [3.63, 3.8) is 0 Å². The van der Waals surface area contributed by atoms with E-state index in [4.69, 9.17) is 5.11 Å². The van der Waals surface area contributed by atoms with Crippen LogP contribution in [0.3, 0.4) is 0 Å². The van der Waals surface area contributed by atoms with Crippen LogP contribution in [0.2, 0.25) is 0 Å². The molecule has 1 aliphatic rings. The van der Waals surface area contributed by atoms with Gasteiger partial charge in [-0.3, -0.25) is 14.3 Å². The topological polar surface area (TPSA) is 131 Å². The molecule has 0 aromatic carbocycles. The molecule has 2 aromatic rings. The predicted molar refractivity (Wildman–Crippen MR) is 93.1 cm³/mol. The molecule has 0 spiro atoms. The van der Waals surface area contributed by atoms with Crippen molar-refractivity contribution in [3.05, 3.63) is 22.5 Å². The molecule has 3 rings (SSSR count). The molecule has 2 amide bonds. The minimum absolute atomic E-state index is 0.158. The maximum absolute atomic E-state index is 13.1. The fourth-order valence-electron chi connectivity index (χ4n) is 2.70. The van der Waals surface area contributed by atoms with Crippen LogP contribution in [0.5, 0.6) is 0 Å². The number of carbonyl (C=O) groups is 2.